The molecular weight excluding hydrogens is 500 g/mol. The maximum atomic E-state index is 12.3. The Kier molecular flexibility index (Phi) is 14.9. The Labute approximate surface area is 242 Å². The molecule has 0 aromatic heterocycles. The number of benzene rings is 2. The molecular formula is C33H52N4O3. The molecule has 0 spiro atoms. The summed E-state index contributed by atoms with van der Waals surface area (Å²) in [4.78, 5) is 17.4. The summed E-state index contributed by atoms with van der Waals surface area (Å²) in [6.45, 7) is 10.6. The standard InChI is InChI=1S/C33H52N4O3/c1-28(2)34-26-31(38)27-40-32-19-17-29(18-20-32)35-33(39)16-12-7-5-3-4-6-8-13-21-36-22-24-37(25-23-36)30-14-10-9-11-15-30/h9-11,14-15,17-20,28,31,34,38H,3-8,12-13,16,21-27H2,1-2H3,(H,35,39)/t31-/m1/s1. The van der Waals surface area contributed by atoms with E-state index in [1.807, 2.05) is 38.1 Å². The van der Waals surface area contributed by atoms with Crippen molar-refractivity contribution >= 4 is 17.3 Å². The van der Waals surface area contributed by atoms with Crippen molar-refractivity contribution in [3.05, 3.63) is 54.6 Å². The van der Waals surface area contributed by atoms with Crippen molar-refractivity contribution in [2.45, 2.75) is 83.8 Å². The molecule has 1 heterocycles. The topological polar surface area (TPSA) is 77.1 Å². The van der Waals surface area contributed by atoms with Gasteiger partial charge in [-0.25, -0.2) is 0 Å². The van der Waals surface area contributed by atoms with Gasteiger partial charge in [0.2, 0.25) is 5.91 Å². The van der Waals surface area contributed by atoms with Crippen molar-refractivity contribution in [2.75, 3.05) is 56.1 Å². The van der Waals surface area contributed by atoms with Crippen molar-refractivity contribution in [3.8, 4) is 5.75 Å². The van der Waals surface area contributed by atoms with E-state index in [-0.39, 0.29) is 12.5 Å². The second kappa shape index (κ2) is 18.7. The molecule has 1 fully saturated rings. The van der Waals surface area contributed by atoms with Crippen LogP contribution in [0.4, 0.5) is 11.4 Å². The highest BCUT2D eigenvalue weighted by atomic mass is 16.5. The van der Waals surface area contributed by atoms with Crippen LogP contribution in [0, 0.1) is 0 Å². The minimum atomic E-state index is -0.556. The van der Waals surface area contributed by atoms with E-state index in [4.69, 9.17) is 4.74 Å². The number of nitrogens with one attached hydrogen (secondary N) is 2. The van der Waals surface area contributed by atoms with Crippen molar-refractivity contribution in [3.63, 3.8) is 0 Å². The quantitative estimate of drug-likeness (QED) is 0.194. The predicted octanol–water partition coefficient (Wildman–Crippen LogP) is 5.70. The van der Waals surface area contributed by atoms with Gasteiger partial charge in [0.1, 0.15) is 18.5 Å². The zero-order valence-corrected chi connectivity index (χ0v) is 24.8. The Hall–Kier alpha value is -2.61. The van der Waals surface area contributed by atoms with E-state index in [1.54, 1.807) is 0 Å². The van der Waals surface area contributed by atoms with Crippen molar-refractivity contribution in [1.29, 1.82) is 0 Å². The number of para-hydroxylation sites is 1. The van der Waals surface area contributed by atoms with Gasteiger partial charge in [-0.15, -0.1) is 0 Å². The number of carbonyl (C=O) groups is 1. The van der Waals surface area contributed by atoms with Gasteiger partial charge < -0.3 is 25.4 Å². The Morgan fingerprint density at radius 1 is 0.850 bits per heavy atom. The minimum Gasteiger partial charge on any atom is -0.491 e. The first-order valence-electron chi connectivity index (χ1n) is 15.5. The zero-order chi connectivity index (χ0) is 28.4. The van der Waals surface area contributed by atoms with Gasteiger partial charge in [-0.1, -0.05) is 70.6 Å². The van der Waals surface area contributed by atoms with Crippen LogP contribution in [0.3, 0.4) is 0 Å². The predicted molar refractivity (Wildman–Crippen MR) is 166 cm³/mol. The van der Waals surface area contributed by atoms with Crippen LogP contribution in [-0.2, 0) is 4.79 Å². The van der Waals surface area contributed by atoms with E-state index in [1.165, 1.54) is 63.8 Å². The summed E-state index contributed by atoms with van der Waals surface area (Å²) >= 11 is 0. The molecule has 1 aliphatic rings. The molecule has 2 aromatic carbocycles. The third-order valence-electron chi connectivity index (χ3n) is 7.46. The molecule has 1 saturated heterocycles. The van der Waals surface area contributed by atoms with Crippen LogP contribution < -0.4 is 20.3 Å². The van der Waals surface area contributed by atoms with Gasteiger partial charge in [-0.3, -0.25) is 9.69 Å². The molecule has 0 saturated carbocycles. The van der Waals surface area contributed by atoms with Crippen LogP contribution in [0.15, 0.2) is 54.6 Å². The number of hydrogen-bond acceptors (Lipinski definition) is 6. The smallest absolute Gasteiger partial charge is 0.224 e. The number of piperazine rings is 1. The van der Waals surface area contributed by atoms with Crippen molar-refractivity contribution in [2.24, 2.45) is 0 Å². The molecule has 1 aliphatic heterocycles. The molecule has 3 N–H and O–H groups in total. The first-order valence-corrected chi connectivity index (χ1v) is 15.5. The number of unbranched alkanes of at least 4 members (excludes halogenated alkanes) is 7. The van der Waals surface area contributed by atoms with E-state index in [0.29, 0.717) is 24.8 Å². The summed E-state index contributed by atoms with van der Waals surface area (Å²) < 4.78 is 5.63. The van der Waals surface area contributed by atoms with Gasteiger partial charge in [0.25, 0.3) is 0 Å². The SMILES string of the molecule is CC(C)NC[C@@H](O)COc1ccc(NC(=O)CCCCCCCCCCN2CCN(c3ccccc3)CC2)cc1. The lowest BCUT2D eigenvalue weighted by Crippen LogP contribution is -2.46. The molecule has 2 aromatic rings. The summed E-state index contributed by atoms with van der Waals surface area (Å²) in [6.07, 6.45) is 9.76. The van der Waals surface area contributed by atoms with E-state index in [0.717, 1.165) is 31.6 Å². The second-order valence-electron chi connectivity index (χ2n) is 11.3. The van der Waals surface area contributed by atoms with E-state index in [9.17, 15) is 9.90 Å². The number of ether oxygens (including phenoxy) is 1. The number of aliphatic hydroxyl groups excluding tert-OH is 1. The fraction of sp³-hybridized carbons (Fsp3) is 0.606. The number of rotatable bonds is 19. The van der Waals surface area contributed by atoms with E-state index >= 15 is 0 Å². The first-order chi connectivity index (χ1) is 19.5. The Morgan fingerprint density at radius 2 is 1.48 bits per heavy atom. The molecule has 222 valence electrons. The van der Waals surface area contributed by atoms with Gasteiger partial charge in [-0.05, 0) is 55.8 Å². The van der Waals surface area contributed by atoms with Crippen LogP contribution in [0.5, 0.6) is 5.75 Å². The average Bonchev–Trinajstić information content (AvgIpc) is 2.97. The van der Waals surface area contributed by atoms with E-state index in [2.05, 4.69) is 50.8 Å². The normalized spacial score (nSPS) is 14.8. The number of hydrogen-bond donors (Lipinski definition) is 3. The van der Waals surface area contributed by atoms with Gasteiger partial charge in [0.05, 0.1) is 0 Å². The molecule has 0 bridgehead atoms. The van der Waals surface area contributed by atoms with Crippen LogP contribution in [-0.4, -0.2) is 73.9 Å². The largest absolute Gasteiger partial charge is 0.491 e. The highest BCUT2D eigenvalue weighted by Crippen LogP contribution is 2.18. The van der Waals surface area contributed by atoms with E-state index < -0.39 is 6.10 Å². The molecule has 3 rings (SSSR count). The summed E-state index contributed by atoms with van der Waals surface area (Å²) in [7, 11) is 0. The Bertz CT molecular complexity index is 930. The summed E-state index contributed by atoms with van der Waals surface area (Å²) in [5.74, 6) is 0.747. The molecule has 0 unspecified atom stereocenters. The van der Waals surface area contributed by atoms with Crippen LogP contribution >= 0.6 is 0 Å². The summed E-state index contributed by atoms with van der Waals surface area (Å²) in [5, 5.41) is 16.1. The first kappa shape index (κ1) is 31.9. The number of carbonyl (C=O) groups excluding carboxylic acids is 1. The maximum Gasteiger partial charge on any atom is 0.224 e. The van der Waals surface area contributed by atoms with Gasteiger partial charge in [0, 0.05) is 56.6 Å². The monoisotopic (exact) mass is 552 g/mol. The molecule has 0 aliphatic carbocycles. The third-order valence-corrected chi connectivity index (χ3v) is 7.46. The third kappa shape index (κ3) is 13.2. The fourth-order valence-electron chi connectivity index (χ4n) is 5.03. The van der Waals surface area contributed by atoms with Gasteiger partial charge >= 0.3 is 0 Å². The molecule has 40 heavy (non-hydrogen) atoms. The Morgan fingerprint density at radius 3 is 2.12 bits per heavy atom. The lowest BCUT2D eigenvalue weighted by Gasteiger charge is -2.36. The minimum absolute atomic E-state index is 0.0634. The lowest BCUT2D eigenvalue weighted by atomic mass is 10.1. The number of aliphatic hydroxyl groups is 1. The maximum absolute atomic E-state index is 12.3. The number of anilines is 2. The van der Waals surface area contributed by atoms with Crippen LogP contribution in [0.1, 0.15) is 71.6 Å². The van der Waals surface area contributed by atoms with Crippen LogP contribution in [0.2, 0.25) is 0 Å². The van der Waals surface area contributed by atoms with Crippen molar-refractivity contribution < 1.29 is 14.6 Å². The van der Waals surface area contributed by atoms with Crippen molar-refractivity contribution in [1.82, 2.24) is 10.2 Å². The second-order valence-corrected chi connectivity index (χ2v) is 11.3. The van der Waals surface area contributed by atoms with Gasteiger partial charge in [0.15, 0.2) is 0 Å². The highest BCUT2D eigenvalue weighted by Gasteiger charge is 2.16. The zero-order valence-electron chi connectivity index (χ0n) is 24.8. The number of nitrogens with zero attached hydrogens (tertiary/aromatic N) is 2. The average molecular weight is 553 g/mol. The molecule has 1 amide bonds. The molecule has 1 atom stereocenters. The van der Waals surface area contributed by atoms with Gasteiger partial charge in [-0.2, -0.15) is 0 Å². The summed E-state index contributed by atoms with van der Waals surface area (Å²) in [5.41, 5.74) is 2.13. The molecule has 0 radical (unpaired) electrons. The Balaban J connectivity index is 1.12. The molecule has 7 heteroatoms. The lowest BCUT2D eigenvalue weighted by molar-refractivity contribution is -0.116. The van der Waals surface area contributed by atoms with Crippen LogP contribution in [0.25, 0.3) is 0 Å². The fourth-order valence-corrected chi connectivity index (χ4v) is 5.03. The number of amides is 1. The molecule has 7 nitrogen and oxygen atoms in total. The highest BCUT2D eigenvalue weighted by molar-refractivity contribution is 5.90. The summed E-state index contributed by atoms with van der Waals surface area (Å²) in [6, 6.07) is 18.4.